The van der Waals surface area contributed by atoms with Crippen LogP contribution in [0.4, 0.5) is 16.5 Å². The van der Waals surface area contributed by atoms with Crippen LogP contribution in [0.3, 0.4) is 0 Å². The third-order valence-electron chi connectivity index (χ3n) is 3.34. The van der Waals surface area contributed by atoms with Gasteiger partial charge in [0.25, 0.3) is 0 Å². The summed E-state index contributed by atoms with van der Waals surface area (Å²) >= 11 is 1.50. The van der Waals surface area contributed by atoms with Crippen LogP contribution in [0.2, 0.25) is 0 Å². The number of anilines is 3. The quantitative estimate of drug-likeness (QED) is 0.691. The monoisotopic (exact) mass is 375 g/mol. The van der Waals surface area contributed by atoms with Gasteiger partial charge in [-0.2, -0.15) is 12.7 Å². The van der Waals surface area contributed by atoms with E-state index in [9.17, 15) is 8.42 Å². The van der Waals surface area contributed by atoms with Gasteiger partial charge in [0.2, 0.25) is 0 Å². The van der Waals surface area contributed by atoms with Crippen molar-refractivity contribution < 1.29 is 8.42 Å². The summed E-state index contributed by atoms with van der Waals surface area (Å²) in [6, 6.07) is 10.8. The average Bonchev–Trinajstić information content (AvgIpc) is 3.06. The Morgan fingerprint density at radius 1 is 1.00 bits per heavy atom. The standard InChI is InChI=1S/C16H17N5O2S2/c1-21(2)25(22,23)20-14-5-3-13(4-6-14)18-16-19-15(11-24-16)12-7-9-17-10-8-12/h3-11,20H,1-2H3,(H,18,19). The highest BCUT2D eigenvalue weighted by Gasteiger charge is 2.12. The molecule has 0 aliphatic carbocycles. The summed E-state index contributed by atoms with van der Waals surface area (Å²) in [7, 11) is -0.556. The molecule has 0 aliphatic heterocycles. The smallest absolute Gasteiger partial charge is 0.301 e. The molecule has 25 heavy (non-hydrogen) atoms. The molecule has 0 atom stereocenters. The van der Waals surface area contributed by atoms with Gasteiger partial charge in [-0.3, -0.25) is 9.71 Å². The van der Waals surface area contributed by atoms with Crippen molar-refractivity contribution >= 4 is 38.1 Å². The lowest BCUT2D eigenvalue weighted by atomic mass is 10.2. The molecule has 0 aliphatic rings. The van der Waals surface area contributed by atoms with Crippen LogP contribution in [0.25, 0.3) is 11.3 Å². The van der Waals surface area contributed by atoms with E-state index in [1.807, 2.05) is 17.5 Å². The van der Waals surface area contributed by atoms with Gasteiger partial charge >= 0.3 is 10.2 Å². The number of rotatable bonds is 6. The molecule has 0 spiro atoms. The zero-order valence-corrected chi connectivity index (χ0v) is 15.3. The molecule has 0 amide bonds. The molecule has 0 fully saturated rings. The summed E-state index contributed by atoms with van der Waals surface area (Å²) in [5.41, 5.74) is 3.21. The maximum atomic E-state index is 11.8. The second kappa shape index (κ2) is 7.18. The second-order valence-corrected chi connectivity index (χ2v) is 8.11. The number of benzene rings is 1. The van der Waals surface area contributed by atoms with Gasteiger partial charge in [-0.1, -0.05) is 0 Å². The highest BCUT2D eigenvalue weighted by atomic mass is 32.2. The summed E-state index contributed by atoms with van der Waals surface area (Å²) in [6.45, 7) is 0. The van der Waals surface area contributed by atoms with Gasteiger partial charge in [0.15, 0.2) is 5.13 Å². The van der Waals surface area contributed by atoms with Gasteiger partial charge in [-0.05, 0) is 36.4 Å². The van der Waals surface area contributed by atoms with Gasteiger partial charge in [0.1, 0.15) is 0 Å². The van der Waals surface area contributed by atoms with E-state index in [0.29, 0.717) is 5.69 Å². The number of pyridine rings is 1. The molecule has 0 unspecified atom stereocenters. The zero-order valence-electron chi connectivity index (χ0n) is 13.7. The Labute approximate surface area is 150 Å². The van der Waals surface area contributed by atoms with Crippen molar-refractivity contribution in [2.45, 2.75) is 0 Å². The molecule has 0 saturated carbocycles. The van der Waals surface area contributed by atoms with Crippen LogP contribution in [-0.2, 0) is 10.2 Å². The predicted octanol–water partition coefficient (Wildman–Crippen LogP) is 3.17. The van der Waals surface area contributed by atoms with Crippen molar-refractivity contribution in [3.8, 4) is 11.3 Å². The van der Waals surface area contributed by atoms with E-state index < -0.39 is 10.2 Å². The van der Waals surface area contributed by atoms with Crippen molar-refractivity contribution in [2.75, 3.05) is 24.1 Å². The first-order valence-electron chi connectivity index (χ1n) is 7.37. The summed E-state index contributed by atoms with van der Waals surface area (Å²) in [4.78, 5) is 8.54. The van der Waals surface area contributed by atoms with Crippen molar-refractivity contribution in [3.05, 3.63) is 54.2 Å². The number of nitrogens with zero attached hydrogens (tertiary/aromatic N) is 3. The fraction of sp³-hybridized carbons (Fsp3) is 0.125. The Morgan fingerprint density at radius 2 is 1.64 bits per heavy atom. The minimum Gasteiger partial charge on any atom is -0.332 e. The lowest BCUT2D eigenvalue weighted by Crippen LogP contribution is -2.28. The van der Waals surface area contributed by atoms with E-state index in [2.05, 4.69) is 20.0 Å². The molecule has 3 aromatic rings. The van der Waals surface area contributed by atoms with Gasteiger partial charge in [0, 0.05) is 48.8 Å². The van der Waals surface area contributed by atoms with Crippen LogP contribution in [0.1, 0.15) is 0 Å². The summed E-state index contributed by atoms with van der Waals surface area (Å²) in [6.07, 6.45) is 3.46. The molecule has 7 nitrogen and oxygen atoms in total. The second-order valence-electron chi connectivity index (χ2n) is 5.37. The third-order valence-corrected chi connectivity index (χ3v) is 5.56. The SMILES string of the molecule is CN(C)S(=O)(=O)Nc1ccc(Nc2nc(-c3ccncc3)cs2)cc1. The number of nitrogens with one attached hydrogen (secondary N) is 2. The Morgan fingerprint density at radius 3 is 2.28 bits per heavy atom. The van der Waals surface area contributed by atoms with Crippen LogP contribution in [0, 0.1) is 0 Å². The van der Waals surface area contributed by atoms with Gasteiger partial charge in [0.05, 0.1) is 5.69 Å². The molecular formula is C16H17N5O2S2. The first-order chi connectivity index (χ1) is 11.9. The molecule has 2 aromatic heterocycles. The van der Waals surface area contributed by atoms with Gasteiger partial charge < -0.3 is 5.32 Å². The number of thiazole rings is 1. The average molecular weight is 375 g/mol. The van der Waals surface area contributed by atoms with E-state index in [4.69, 9.17) is 0 Å². The fourth-order valence-corrected chi connectivity index (χ4v) is 3.33. The van der Waals surface area contributed by atoms with E-state index in [0.717, 1.165) is 26.4 Å². The zero-order chi connectivity index (χ0) is 17.9. The molecule has 3 rings (SSSR count). The highest BCUT2D eigenvalue weighted by molar-refractivity contribution is 7.90. The maximum Gasteiger partial charge on any atom is 0.301 e. The van der Waals surface area contributed by atoms with E-state index >= 15 is 0 Å². The van der Waals surface area contributed by atoms with Crippen LogP contribution in [0.5, 0.6) is 0 Å². The van der Waals surface area contributed by atoms with E-state index in [1.165, 1.54) is 25.4 Å². The third kappa shape index (κ3) is 4.32. The summed E-state index contributed by atoms with van der Waals surface area (Å²) in [5.74, 6) is 0. The van der Waals surface area contributed by atoms with Crippen LogP contribution in [-0.4, -0.2) is 36.8 Å². The first-order valence-corrected chi connectivity index (χ1v) is 9.69. The Balaban J connectivity index is 1.69. The molecule has 0 radical (unpaired) electrons. The topological polar surface area (TPSA) is 87.2 Å². The highest BCUT2D eigenvalue weighted by Crippen LogP contribution is 2.27. The van der Waals surface area contributed by atoms with Crippen LogP contribution >= 0.6 is 11.3 Å². The summed E-state index contributed by atoms with van der Waals surface area (Å²) < 4.78 is 27.2. The number of hydrogen-bond donors (Lipinski definition) is 2. The first kappa shape index (κ1) is 17.3. The largest absolute Gasteiger partial charge is 0.332 e. The molecule has 2 heterocycles. The van der Waals surface area contributed by atoms with Gasteiger partial charge in [-0.25, -0.2) is 4.98 Å². The maximum absolute atomic E-state index is 11.8. The van der Waals surface area contributed by atoms with Crippen molar-refractivity contribution in [2.24, 2.45) is 0 Å². The number of hydrogen-bond acceptors (Lipinski definition) is 6. The van der Waals surface area contributed by atoms with E-state index in [-0.39, 0.29) is 0 Å². The van der Waals surface area contributed by atoms with Crippen molar-refractivity contribution in [1.82, 2.24) is 14.3 Å². The number of aromatic nitrogens is 2. The lowest BCUT2D eigenvalue weighted by molar-refractivity contribution is 0.527. The Kier molecular flexibility index (Phi) is 4.98. The molecule has 0 bridgehead atoms. The molecular weight excluding hydrogens is 358 g/mol. The Hall–Kier alpha value is -2.49. The fourth-order valence-electron chi connectivity index (χ4n) is 1.97. The minimum absolute atomic E-state index is 0.496. The van der Waals surface area contributed by atoms with Crippen molar-refractivity contribution in [1.29, 1.82) is 0 Å². The Bertz CT molecular complexity index is 938. The minimum atomic E-state index is -3.50. The normalized spacial score (nSPS) is 11.5. The molecule has 2 N–H and O–H groups in total. The molecule has 1 aromatic carbocycles. The van der Waals surface area contributed by atoms with Crippen molar-refractivity contribution in [3.63, 3.8) is 0 Å². The van der Waals surface area contributed by atoms with Crippen LogP contribution < -0.4 is 10.0 Å². The predicted molar refractivity (Wildman–Crippen MR) is 101 cm³/mol. The van der Waals surface area contributed by atoms with Gasteiger partial charge in [-0.15, -0.1) is 11.3 Å². The lowest BCUT2D eigenvalue weighted by Gasteiger charge is -2.13. The summed E-state index contributed by atoms with van der Waals surface area (Å²) in [5, 5.41) is 5.94. The molecule has 9 heteroatoms. The molecule has 0 saturated heterocycles. The van der Waals surface area contributed by atoms with E-state index in [1.54, 1.807) is 36.7 Å². The van der Waals surface area contributed by atoms with Crippen LogP contribution in [0.15, 0.2) is 54.2 Å². The molecule has 130 valence electrons.